The van der Waals surface area contributed by atoms with Crippen molar-refractivity contribution in [3.63, 3.8) is 0 Å². The van der Waals surface area contributed by atoms with Gasteiger partial charge in [-0.15, -0.1) is 0 Å². The molecule has 2 aliphatic rings. The van der Waals surface area contributed by atoms with Gasteiger partial charge in [-0.1, -0.05) is 0 Å². The summed E-state index contributed by atoms with van der Waals surface area (Å²) >= 11 is 3.42. The monoisotopic (exact) mass is 339 g/mol. The maximum absolute atomic E-state index is 12.7. The Balaban J connectivity index is 1.77. The van der Waals surface area contributed by atoms with Crippen LogP contribution in [-0.2, 0) is 9.47 Å². The minimum Gasteiger partial charge on any atom is -0.381 e. The van der Waals surface area contributed by atoms with E-state index in [2.05, 4.69) is 20.9 Å². The molecule has 3 rings (SSSR count). The molecule has 2 fully saturated rings. The van der Waals surface area contributed by atoms with Crippen LogP contribution in [0.1, 0.15) is 36.2 Å². The van der Waals surface area contributed by atoms with Gasteiger partial charge in [-0.05, 0) is 53.7 Å². The van der Waals surface area contributed by atoms with Crippen molar-refractivity contribution in [2.45, 2.75) is 31.3 Å². The van der Waals surface area contributed by atoms with Crippen LogP contribution in [0.5, 0.6) is 0 Å². The third-order valence-corrected chi connectivity index (χ3v) is 4.90. The van der Waals surface area contributed by atoms with Crippen LogP contribution in [0, 0.1) is 5.92 Å². The molecule has 1 spiro atoms. The van der Waals surface area contributed by atoms with Crippen LogP contribution in [0.25, 0.3) is 0 Å². The molecule has 0 aromatic carbocycles. The van der Waals surface area contributed by atoms with E-state index < -0.39 is 0 Å². The molecule has 0 aliphatic carbocycles. The van der Waals surface area contributed by atoms with Crippen molar-refractivity contribution < 1.29 is 14.3 Å². The summed E-state index contributed by atoms with van der Waals surface area (Å²) in [6.45, 7) is 2.11. The number of carbonyl (C=O) groups excluding carboxylic acids is 1. The molecule has 4 nitrogen and oxygen atoms in total. The van der Waals surface area contributed by atoms with E-state index in [1.54, 1.807) is 6.20 Å². The maximum Gasteiger partial charge on any atom is 0.185 e. The van der Waals surface area contributed by atoms with Crippen LogP contribution in [0.3, 0.4) is 0 Å². The van der Waals surface area contributed by atoms with E-state index in [4.69, 9.17) is 9.47 Å². The van der Waals surface area contributed by atoms with Gasteiger partial charge in [0, 0.05) is 36.4 Å². The van der Waals surface area contributed by atoms with E-state index >= 15 is 0 Å². The number of hydrogen-bond donors (Lipinski definition) is 0. The predicted octanol–water partition coefficient (Wildman–Crippen LogP) is 3.00. The van der Waals surface area contributed by atoms with Crippen LogP contribution < -0.4 is 0 Å². The Bertz CT molecular complexity index is 494. The minimum atomic E-state index is -0.155. The second-order valence-corrected chi connectivity index (χ2v) is 6.39. The topological polar surface area (TPSA) is 48.4 Å². The SMILES string of the molecule is O=C(c1ncccc1Br)C1CCOC2(CCOCC2)C1. The molecule has 0 bridgehead atoms. The van der Waals surface area contributed by atoms with Gasteiger partial charge in [-0.25, -0.2) is 0 Å². The number of Topliss-reactive ketones (excluding diaryl/α,β-unsaturated/α-hetero) is 1. The summed E-state index contributed by atoms with van der Waals surface area (Å²) in [4.78, 5) is 16.9. The molecule has 0 N–H and O–H groups in total. The lowest BCUT2D eigenvalue weighted by atomic mass is 9.78. The molecule has 2 aliphatic heterocycles. The molecule has 3 heterocycles. The molecular weight excluding hydrogens is 322 g/mol. The number of ketones is 1. The Morgan fingerprint density at radius 3 is 2.90 bits per heavy atom. The number of aromatic nitrogens is 1. The zero-order valence-corrected chi connectivity index (χ0v) is 12.9. The number of rotatable bonds is 2. The molecule has 20 heavy (non-hydrogen) atoms. The first kappa shape index (κ1) is 14.2. The minimum absolute atomic E-state index is 0.00745. The highest BCUT2D eigenvalue weighted by Gasteiger charge is 2.41. The first-order chi connectivity index (χ1) is 9.70. The summed E-state index contributed by atoms with van der Waals surface area (Å²) in [5.41, 5.74) is 0.388. The van der Waals surface area contributed by atoms with Crippen molar-refractivity contribution in [2.24, 2.45) is 5.92 Å². The quantitative estimate of drug-likeness (QED) is 0.777. The van der Waals surface area contributed by atoms with E-state index in [-0.39, 0.29) is 17.3 Å². The van der Waals surface area contributed by atoms with Gasteiger partial charge in [0.05, 0.1) is 5.60 Å². The van der Waals surface area contributed by atoms with E-state index in [1.165, 1.54) is 0 Å². The van der Waals surface area contributed by atoms with Crippen LogP contribution in [0.2, 0.25) is 0 Å². The molecule has 1 aromatic heterocycles. The van der Waals surface area contributed by atoms with Crippen molar-refractivity contribution in [3.05, 3.63) is 28.5 Å². The first-order valence-electron chi connectivity index (χ1n) is 7.07. The summed E-state index contributed by atoms with van der Waals surface area (Å²) in [5.74, 6) is 0.139. The number of carbonyl (C=O) groups is 1. The van der Waals surface area contributed by atoms with Crippen molar-refractivity contribution >= 4 is 21.7 Å². The van der Waals surface area contributed by atoms with Gasteiger partial charge in [0.15, 0.2) is 5.78 Å². The second-order valence-electron chi connectivity index (χ2n) is 5.53. The average Bonchev–Trinajstić information content (AvgIpc) is 2.48. The molecule has 0 amide bonds. The van der Waals surface area contributed by atoms with Crippen LogP contribution in [-0.4, -0.2) is 36.2 Å². The summed E-state index contributed by atoms with van der Waals surface area (Å²) < 4.78 is 12.2. The van der Waals surface area contributed by atoms with Gasteiger partial charge >= 0.3 is 0 Å². The maximum atomic E-state index is 12.7. The zero-order chi connectivity index (χ0) is 14.0. The third kappa shape index (κ3) is 2.80. The molecule has 1 atom stereocenters. The number of ether oxygens (including phenoxy) is 2. The standard InChI is InChI=1S/C15H18BrNO3/c16-12-2-1-6-17-13(12)14(18)11-3-7-20-15(10-11)4-8-19-9-5-15/h1-2,6,11H,3-5,7-10H2. The molecule has 1 aromatic rings. The molecule has 0 saturated carbocycles. The Morgan fingerprint density at radius 2 is 2.15 bits per heavy atom. The van der Waals surface area contributed by atoms with Gasteiger partial charge < -0.3 is 9.47 Å². The number of pyridine rings is 1. The fourth-order valence-corrected chi connectivity index (χ4v) is 3.55. The normalized spacial score (nSPS) is 25.6. The summed E-state index contributed by atoms with van der Waals surface area (Å²) in [5, 5.41) is 0. The van der Waals surface area contributed by atoms with Crippen LogP contribution in [0.4, 0.5) is 0 Å². The fraction of sp³-hybridized carbons (Fsp3) is 0.600. The lowest BCUT2D eigenvalue weighted by Gasteiger charge is -2.42. The molecule has 0 radical (unpaired) electrons. The lowest BCUT2D eigenvalue weighted by molar-refractivity contribution is -0.142. The molecule has 5 heteroatoms. The van der Waals surface area contributed by atoms with Gasteiger partial charge in [-0.3, -0.25) is 9.78 Å². The highest BCUT2D eigenvalue weighted by molar-refractivity contribution is 9.10. The van der Waals surface area contributed by atoms with Crippen molar-refractivity contribution in [1.82, 2.24) is 4.98 Å². The molecule has 108 valence electrons. The van der Waals surface area contributed by atoms with Crippen LogP contribution >= 0.6 is 15.9 Å². The van der Waals surface area contributed by atoms with Crippen molar-refractivity contribution in [1.29, 1.82) is 0 Å². The largest absolute Gasteiger partial charge is 0.381 e. The van der Waals surface area contributed by atoms with Gasteiger partial charge in [-0.2, -0.15) is 0 Å². The summed E-state index contributed by atoms with van der Waals surface area (Å²) in [6.07, 6.45) is 5.02. The molecule has 1 unspecified atom stereocenters. The second kappa shape index (κ2) is 5.92. The summed E-state index contributed by atoms with van der Waals surface area (Å²) in [6, 6.07) is 3.69. The number of hydrogen-bond acceptors (Lipinski definition) is 4. The van der Waals surface area contributed by atoms with Crippen molar-refractivity contribution in [2.75, 3.05) is 19.8 Å². The van der Waals surface area contributed by atoms with Crippen LogP contribution in [0.15, 0.2) is 22.8 Å². The van der Waals surface area contributed by atoms with E-state index in [9.17, 15) is 4.79 Å². The zero-order valence-electron chi connectivity index (χ0n) is 11.3. The Morgan fingerprint density at radius 1 is 1.35 bits per heavy atom. The molecular formula is C15H18BrNO3. The average molecular weight is 340 g/mol. The molecule has 2 saturated heterocycles. The number of halogens is 1. The highest BCUT2D eigenvalue weighted by atomic mass is 79.9. The highest BCUT2D eigenvalue weighted by Crippen LogP contribution is 2.38. The fourth-order valence-electron chi connectivity index (χ4n) is 3.10. The van der Waals surface area contributed by atoms with E-state index in [1.807, 2.05) is 12.1 Å². The summed E-state index contributed by atoms with van der Waals surface area (Å²) in [7, 11) is 0. The van der Waals surface area contributed by atoms with Crippen molar-refractivity contribution in [3.8, 4) is 0 Å². The number of nitrogens with zero attached hydrogens (tertiary/aromatic N) is 1. The Kier molecular flexibility index (Phi) is 4.19. The predicted molar refractivity (Wildman–Crippen MR) is 77.7 cm³/mol. The van der Waals surface area contributed by atoms with Gasteiger partial charge in [0.25, 0.3) is 0 Å². The smallest absolute Gasteiger partial charge is 0.185 e. The van der Waals surface area contributed by atoms with E-state index in [0.717, 1.165) is 43.4 Å². The Hall–Kier alpha value is -0.780. The van der Waals surface area contributed by atoms with Gasteiger partial charge in [0.2, 0.25) is 0 Å². The third-order valence-electron chi connectivity index (χ3n) is 4.26. The lowest BCUT2D eigenvalue weighted by Crippen LogP contribution is -2.46. The first-order valence-corrected chi connectivity index (χ1v) is 7.86. The van der Waals surface area contributed by atoms with E-state index in [0.29, 0.717) is 12.3 Å². The van der Waals surface area contributed by atoms with Gasteiger partial charge in [0.1, 0.15) is 5.69 Å². The Labute approximate surface area is 127 Å².